The van der Waals surface area contributed by atoms with Gasteiger partial charge >= 0.3 is 11.7 Å². The summed E-state index contributed by atoms with van der Waals surface area (Å²) >= 11 is 0. The summed E-state index contributed by atoms with van der Waals surface area (Å²) in [6.07, 6.45) is 0. The third-order valence-corrected chi connectivity index (χ3v) is 2.80. The quantitative estimate of drug-likeness (QED) is 0.794. The fourth-order valence-corrected chi connectivity index (χ4v) is 1.67. The summed E-state index contributed by atoms with van der Waals surface area (Å²) in [4.78, 5) is 24.9. The van der Waals surface area contributed by atoms with Crippen LogP contribution in [0.3, 0.4) is 0 Å². The summed E-state index contributed by atoms with van der Waals surface area (Å²) in [5.74, 6) is -1.45. The summed E-state index contributed by atoms with van der Waals surface area (Å²) in [7, 11) is 1.67. The van der Waals surface area contributed by atoms with Gasteiger partial charge in [0.25, 0.3) is 0 Å². The van der Waals surface area contributed by atoms with E-state index in [-0.39, 0.29) is 5.69 Å². The molecule has 2 aromatic rings. The van der Waals surface area contributed by atoms with Crippen molar-refractivity contribution in [1.29, 1.82) is 0 Å². The number of aromatic nitrogens is 2. The van der Waals surface area contributed by atoms with Crippen molar-refractivity contribution in [1.82, 2.24) is 9.55 Å². The van der Waals surface area contributed by atoms with Gasteiger partial charge in [-0.2, -0.15) is 0 Å². The largest absolute Gasteiger partial charge is 0.481 e. The average molecular weight is 220 g/mol. The highest BCUT2D eigenvalue weighted by Gasteiger charge is 2.14. The molecule has 0 bridgehead atoms. The summed E-state index contributed by atoms with van der Waals surface area (Å²) in [6.45, 7) is 1.62. The lowest BCUT2D eigenvalue weighted by Gasteiger charge is -2.06. The summed E-state index contributed by atoms with van der Waals surface area (Å²) in [5, 5.41) is 8.89. The third-order valence-electron chi connectivity index (χ3n) is 2.80. The van der Waals surface area contributed by atoms with Crippen molar-refractivity contribution in [3.8, 4) is 0 Å². The van der Waals surface area contributed by atoms with Crippen LogP contribution in [-0.4, -0.2) is 20.6 Å². The van der Waals surface area contributed by atoms with Crippen LogP contribution in [0.15, 0.2) is 23.0 Å². The molecule has 84 valence electrons. The number of nitrogens with one attached hydrogen (secondary N) is 1. The fraction of sp³-hybridized carbons (Fsp3) is 0.273. The number of carboxylic acids is 1. The maximum absolute atomic E-state index is 11.3. The molecule has 5 heteroatoms. The minimum absolute atomic E-state index is 0.199. The number of fused-ring (bicyclic) bond motifs is 1. The molecule has 0 aliphatic heterocycles. The Morgan fingerprint density at radius 1 is 1.50 bits per heavy atom. The van der Waals surface area contributed by atoms with Gasteiger partial charge < -0.3 is 10.1 Å². The lowest BCUT2D eigenvalue weighted by molar-refractivity contribution is -0.138. The molecule has 0 saturated carbocycles. The number of aromatic amines is 1. The van der Waals surface area contributed by atoms with Gasteiger partial charge in [-0.1, -0.05) is 6.07 Å². The van der Waals surface area contributed by atoms with Gasteiger partial charge in [0.2, 0.25) is 0 Å². The molecule has 1 heterocycles. The van der Waals surface area contributed by atoms with Gasteiger partial charge in [0.05, 0.1) is 17.0 Å². The smallest absolute Gasteiger partial charge is 0.326 e. The molecule has 1 aromatic carbocycles. The van der Waals surface area contributed by atoms with Gasteiger partial charge in [0, 0.05) is 7.05 Å². The molecule has 0 radical (unpaired) electrons. The van der Waals surface area contributed by atoms with Crippen LogP contribution < -0.4 is 5.69 Å². The summed E-state index contributed by atoms with van der Waals surface area (Å²) in [6, 6.07) is 5.19. The number of hydrogen-bond acceptors (Lipinski definition) is 2. The highest BCUT2D eigenvalue weighted by molar-refractivity contribution is 5.80. The molecule has 0 aliphatic rings. The predicted octanol–water partition coefficient (Wildman–Crippen LogP) is 1.05. The van der Waals surface area contributed by atoms with Gasteiger partial charge in [-0.15, -0.1) is 0 Å². The first kappa shape index (κ1) is 10.5. The first-order valence-electron chi connectivity index (χ1n) is 4.92. The zero-order chi connectivity index (χ0) is 11.9. The molecule has 16 heavy (non-hydrogen) atoms. The topological polar surface area (TPSA) is 75.1 Å². The fourth-order valence-electron chi connectivity index (χ4n) is 1.67. The van der Waals surface area contributed by atoms with E-state index >= 15 is 0 Å². The van der Waals surface area contributed by atoms with E-state index in [0.29, 0.717) is 11.1 Å². The number of hydrogen-bond donors (Lipinski definition) is 2. The maximum atomic E-state index is 11.3. The van der Waals surface area contributed by atoms with Gasteiger partial charge in [0.15, 0.2) is 0 Å². The molecule has 1 atom stereocenters. The molecule has 1 aromatic heterocycles. The zero-order valence-electron chi connectivity index (χ0n) is 9.02. The van der Waals surface area contributed by atoms with Crippen LogP contribution in [0.4, 0.5) is 0 Å². The maximum Gasteiger partial charge on any atom is 0.326 e. The SMILES string of the molecule is CC(C(=O)O)c1ccc2c(c1)[nH]c(=O)n2C. The average Bonchev–Trinajstić information content (AvgIpc) is 2.53. The van der Waals surface area contributed by atoms with Crippen molar-refractivity contribution in [2.45, 2.75) is 12.8 Å². The van der Waals surface area contributed by atoms with Crippen LogP contribution >= 0.6 is 0 Å². The third kappa shape index (κ3) is 1.50. The number of nitrogens with zero attached hydrogens (tertiary/aromatic N) is 1. The lowest BCUT2D eigenvalue weighted by atomic mass is 10.0. The Morgan fingerprint density at radius 2 is 2.19 bits per heavy atom. The number of aliphatic carboxylic acids is 1. The number of imidazole rings is 1. The first-order chi connectivity index (χ1) is 7.50. The summed E-state index contributed by atoms with van der Waals surface area (Å²) < 4.78 is 1.49. The van der Waals surface area contributed by atoms with E-state index in [1.165, 1.54) is 4.57 Å². The van der Waals surface area contributed by atoms with Gasteiger partial charge in [0.1, 0.15) is 0 Å². The molecule has 0 saturated heterocycles. The van der Waals surface area contributed by atoms with Crippen LogP contribution in [0.25, 0.3) is 11.0 Å². The second kappa shape index (κ2) is 3.52. The van der Waals surface area contributed by atoms with Crippen molar-refractivity contribution in [2.75, 3.05) is 0 Å². The van der Waals surface area contributed by atoms with Crippen molar-refractivity contribution < 1.29 is 9.90 Å². The normalized spacial score (nSPS) is 12.9. The standard InChI is InChI=1S/C11H12N2O3/c1-6(10(14)15)7-3-4-9-8(5-7)12-11(16)13(9)2/h3-6H,1-2H3,(H,12,16)(H,14,15). The van der Waals surface area contributed by atoms with Gasteiger partial charge in [-0.3, -0.25) is 9.36 Å². The number of rotatable bonds is 2. The number of carbonyl (C=O) groups is 1. The molecule has 5 nitrogen and oxygen atoms in total. The van der Waals surface area contributed by atoms with E-state index in [2.05, 4.69) is 4.98 Å². The molecule has 0 aliphatic carbocycles. The number of benzene rings is 1. The van der Waals surface area contributed by atoms with E-state index in [1.807, 2.05) is 0 Å². The molecular formula is C11H12N2O3. The Hall–Kier alpha value is -2.04. The van der Waals surface area contributed by atoms with E-state index in [9.17, 15) is 9.59 Å². The molecule has 2 rings (SSSR count). The Bertz CT molecular complexity index is 609. The van der Waals surface area contributed by atoms with Gasteiger partial charge in [-0.25, -0.2) is 4.79 Å². The molecular weight excluding hydrogens is 208 g/mol. The lowest BCUT2D eigenvalue weighted by Crippen LogP contribution is -2.11. The Morgan fingerprint density at radius 3 is 2.81 bits per heavy atom. The Balaban J connectivity index is 2.61. The van der Waals surface area contributed by atoms with Crippen molar-refractivity contribution in [3.05, 3.63) is 34.2 Å². The molecule has 0 spiro atoms. The molecule has 0 fully saturated rings. The summed E-state index contributed by atoms with van der Waals surface area (Å²) in [5.41, 5.74) is 1.92. The number of H-pyrrole nitrogens is 1. The van der Waals surface area contributed by atoms with Crippen LogP contribution in [0, 0.1) is 0 Å². The molecule has 1 unspecified atom stereocenters. The van der Waals surface area contributed by atoms with Crippen molar-refractivity contribution >= 4 is 17.0 Å². The second-order valence-electron chi connectivity index (χ2n) is 3.83. The van der Waals surface area contributed by atoms with Crippen LogP contribution in [-0.2, 0) is 11.8 Å². The van der Waals surface area contributed by atoms with Crippen molar-refractivity contribution in [2.24, 2.45) is 7.05 Å². The first-order valence-corrected chi connectivity index (χ1v) is 4.92. The van der Waals surface area contributed by atoms with Crippen molar-refractivity contribution in [3.63, 3.8) is 0 Å². The number of aryl methyl sites for hydroxylation is 1. The predicted molar refractivity (Wildman–Crippen MR) is 59.6 cm³/mol. The second-order valence-corrected chi connectivity index (χ2v) is 3.83. The van der Waals surface area contributed by atoms with E-state index in [0.717, 1.165) is 5.52 Å². The monoisotopic (exact) mass is 220 g/mol. The van der Waals surface area contributed by atoms with Crippen LogP contribution in [0.5, 0.6) is 0 Å². The number of carboxylic acid groups (broad SMARTS) is 1. The molecule has 2 N–H and O–H groups in total. The van der Waals surface area contributed by atoms with Crippen LogP contribution in [0.1, 0.15) is 18.4 Å². The highest BCUT2D eigenvalue weighted by atomic mass is 16.4. The minimum atomic E-state index is -0.877. The Kier molecular flexibility index (Phi) is 2.30. The molecule has 0 amide bonds. The van der Waals surface area contributed by atoms with E-state index < -0.39 is 11.9 Å². The Labute approximate surface area is 91.3 Å². The van der Waals surface area contributed by atoms with Gasteiger partial charge in [-0.05, 0) is 24.6 Å². The van der Waals surface area contributed by atoms with E-state index in [1.54, 1.807) is 32.2 Å². The van der Waals surface area contributed by atoms with Crippen LogP contribution in [0.2, 0.25) is 0 Å². The zero-order valence-corrected chi connectivity index (χ0v) is 9.02. The minimum Gasteiger partial charge on any atom is -0.481 e. The highest BCUT2D eigenvalue weighted by Crippen LogP contribution is 2.19. The van der Waals surface area contributed by atoms with E-state index in [4.69, 9.17) is 5.11 Å².